The van der Waals surface area contributed by atoms with Crippen LogP contribution in [0.1, 0.15) is 11.3 Å². The molecule has 0 bridgehead atoms. The van der Waals surface area contributed by atoms with Crippen LogP contribution in [-0.2, 0) is 11.2 Å². The Balaban J connectivity index is 1.51. The molecule has 0 saturated heterocycles. The molecule has 0 aliphatic rings. The summed E-state index contributed by atoms with van der Waals surface area (Å²) in [6, 6.07) is 13.5. The number of nitrogens with zero attached hydrogens (tertiary/aromatic N) is 1. The molecule has 0 atom stereocenters. The van der Waals surface area contributed by atoms with Crippen molar-refractivity contribution in [3.63, 3.8) is 0 Å². The van der Waals surface area contributed by atoms with E-state index in [0.717, 1.165) is 27.6 Å². The molecular formula is C22H24N2O4S. The van der Waals surface area contributed by atoms with Crippen molar-refractivity contribution in [1.82, 2.24) is 10.3 Å². The second-order valence-electron chi connectivity index (χ2n) is 6.35. The zero-order valence-electron chi connectivity index (χ0n) is 16.7. The summed E-state index contributed by atoms with van der Waals surface area (Å²) in [5, 5.41) is 5.60. The minimum Gasteiger partial charge on any atom is -0.493 e. The first-order valence-corrected chi connectivity index (χ1v) is 10.1. The molecule has 0 saturated carbocycles. The number of carbonyl (C=O) groups excluding carboxylic acids is 1. The number of hydrogen-bond acceptors (Lipinski definition) is 6. The Labute approximate surface area is 174 Å². The van der Waals surface area contributed by atoms with E-state index in [2.05, 4.69) is 10.3 Å². The average molecular weight is 413 g/mol. The summed E-state index contributed by atoms with van der Waals surface area (Å²) >= 11 is 1.49. The van der Waals surface area contributed by atoms with E-state index in [0.29, 0.717) is 24.7 Å². The molecule has 0 aliphatic carbocycles. The highest BCUT2D eigenvalue weighted by molar-refractivity contribution is 7.13. The van der Waals surface area contributed by atoms with Crippen LogP contribution >= 0.6 is 11.3 Å². The van der Waals surface area contributed by atoms with Crippen LogP contribution in [0, 0.1) is 6.92 Å². The van der Waals surface area contributed by atoms with E-state index in [1.165, 1.54) is 11.3 Å². The highest BCUT2D eigenvalue weighted by Gasteiger charge is 2.11. The summed E-state index contributed by atoms with van der Waals surface area (Å²) in [5.74, 6) is 2.07. The number of aryl methyl sites for hydroxylation is 1. The van der Waals surface area contributed by atoms with Crippen molar-refractivity contribution in [2.45, 2.75) is 13.3 Å². The van der Waals surface area contributed by atoms with Gasteiger partial charge in [0.15, 0.2) is 11.5 Å². The number of para-hydroxylation sites is 1. The summed E-state index contributed by atoms with van der Waals surface area (Å²) in [6.07, 6.45) is 0.230. The monoisotopic (exact) mass is 412 g/mol. The number of ether oxygens (including phenoxy) is 3. The van der Waals surface area contributed by atoms with Gasteiger partial charge >= 0.3 is 0 Å². The van der Waals surface area contributed by atoms with Crippen molar-refractivity contribution in [3.05, 3.63) is 59.1 Å². The van der Waals surface area contributed by atoms with Gasteiger partial charge in [0, 0.05) is 10.9 Å². The third kappa shape index (κ3) is 5.48. The van der Waals surface area contributed by atoms with Crippen molar-refractivity contribution in [2.24, 2.45) is 0 Å². The molecule has 1 N–H and O–H groups in total. The largest absolute Gasteiger partial charge is 0.493 e. The number of thiazole rings is 1. The zero-order valence-corrected chi connectivity index (χ0v) is 17.5. The minimum absolute atomic E-state index is 0.0810. The fourth-order valence-corrected chi connectivity index (χ4v) is 3.60. The number of nitrogens with one attached hydrogen (secondary N) is 1. The molecule has 0 aliphatic heterocycles. The Morgan fingerprint density at radius 2 is 1.86 bits per heavy atom. The van der Waals surface area contributed by atoms with E-state index in [1.807, 2.05) is 54.8 Å². The average Bonchev–Trinajstić information content (AvgIpc) is 3.20. The normalized spacial score (nSPS) is 10.4. The van der Waals surface area contributed by atoms with Gasteiger partial charge in [0.1, 0.15) is 17.4 Å². The number of rotatable bonds is 9. The molecule has 0 radical (unpaired) electrons. The number of benzene rings is 2. The third-order valence-electron chi connectivity index (χ3n) is 4.30. The molecule has 7 heteroatoms. The Bertz CT molecular complexity index is 971. The predicted molar refractivity (Wildman–Crippen MR) is 114 cm³/mol. The number of carbonyl (C=O) groups is 1. The smallest absolute Gasteiger partial charge is 0.226 e. The molecular weight excluding hydrogens is 388 g/mol. The molecule has 3 aromatic rings. The van der Waals surface area contributed by atoms with Crippen LogP contribution < -0.4 is 19.5 Å². The lowest BCUT2D eigenvalue weighted by Gasteiger charge is -2.09. The highest BCUT2D eigenvalue weighted by atomic mass is 32.1. The maximum Gasteiger partial charge on any atom is 0.226 e. The van der Waals surface area contributed by atoms with Gasteiger partial charge in [-0.3, -0.25) is 4.79 Å². The van der Waals surface area contributed by atoms with E-state index in [9.17, 15) is 4.79 Å². The van der Waals surface area contributed by atoms with E-state index in [-0.39, 0.29) is 12.3 Å². The molecule has 0 fully saturated rings. The van der Waals surface area contributed by atoms with E-state index in [1.54, 1.807) is 14.2 Å². The van der Waals surface area contributed by atoms with Gasteiger partial charge in [-0.2, -0.15) is 0 Å². The van der Waals surface area contributed by atoms with Crippen molar-refractivity contribution >= 4 is 17.2 Å². The molecule has 0 unspecified atom stereocenters. The maximum absolute atomic E-state index is 12.2. The number of aromatic nitrogens is 1. The lowest BCUT2D eigenvalue weighted by molar-refractivity contribution is -0.120. The summed E-state index contributed by atoms with van der Waals surface area (Å²) in [7, 11) is 3.20. The molecule has 29 heavy (non-hydrogen) atoms. The minimum atomic E-state index is -0.0810. The van der Waals surface area contributed by atoms with Crippen LogP contribution in [0.15, 0.2) is 47.8 Å². The predicted octanol–water partition coefficient (Wildman–Crippen LogP) is 3.87. The van der Waals surface area contributed by atoms with E-state index in [4.69, 9.17) is 14.2 Å². The lowest BCUT2D eigenvalue weighted by Crippen LogP contribution is -2.29. The fraction of sp³-hybridized carbons (Fsp3) is 0.273. The lowest BCUT2D eigenvalue weighted by atomic mass is 10.2. The highest BCUT2D eigenvalue weighted by Crippen LogP contribution is 2.33. The number of hydrogen-bond donors (Lipinski definition) is 1. The SMILES string of the molecule is COc1ccc(-c2nc(CC(=O)NCCOc3ccccc3C)cs2)cc1OC. The quantitative estimate of drug-likeness (QED) is 0.540. The molecule has 1 aromatic heterocycles. The second-order valence-corrected chi connectivity index (χ2v) is 7.21. The molecule has 0 spiro atoms. The van der Waals surface area contributed by atoms with Crippen LogP contribution in [0.5, 0.6) is 17.2 Å². The van der Waals surface area contributed by atoms with E-state index >= 15 is 0 Å². The van der Waals surface area contributed by atoms with E-state index < -0.39 is 0 Å². The van der Waals surface area contributed by atoms with Crippen molar-refractivity contribution in [1.29, 1.82) is 0 Å². The summed E-state index contributed by atoms with van der Waals surface area (Å²) in [5.41, 5.74) is 2.73. The van der Waals surface area contributed by atoms with Gasteiger partial charge in [-0.05, 0) is 36.8 Å². The van der Waals surface area contributed by atoms with Gasteiger partial charge in [-0.1, -0.05) is 18.2 Å². The van der Waals surface area contributed by atoms with Crippen LogP contribution in [0.4, 0.5) is 0 Å². The molecule has 1 amide bonds. The fourth-order valence-electron chi connectivity index (χ4n) is 2.79. The first-order chi connectivity index (χ1) is 14.1. The van der Waals surface area contributed by atoms with Crippen LogP contribution in [0.25, 0.3) is 10.6 Å². The molecule has 6 nitrogen and oxygen atoms in total. The second kappa shape index (κ2) is 9.93. The zero-order chi connectivity index (χ0) is 20.6. The third-order valence-corrected chi connectivity index (χ3v) is 5.24. The van der Waals surface area contributed by atoms with Crippen molar-refractivity contribution in [2.75, 3.05) is 27.4 Å². The van der Waals surface area contributed by atoms with Crippen LogP contribution in [0.3, 0.4) is 0 Å². The number of methoxy groups -OCH3 is 2. The summed E-state index contributed by atoms with van der Waals surface area (Å²) in [4.78, 5) is 16.8. The van der Waals surface area contributed by atoms with Gasteiger partial charge in [0.2, 0.25) is 5.91 Å². The van der Waals surface area contributed by atoms with Crippen LogP contribution in [-0.4, -0.2) is 38.3 Å². The van der Waals surface area contributed by atoms with Crippen LogP contribution in [0.2, 0.25) is 0 Å². The Morgan fingerprint density at radius 3 is 2.62 bits per heavy atom. The summed E-state index contributed by atoms with van der Waals surface area (Å²) < 4.78 is 16.3. The van der Waals surface area contributed by atoms with Crippen molar-refractivity contribution < 1.29 is 19.0 Å². The van der Waals surface area contributed by atoms with Gasteiger partial charge in [-0.25, -0.2) is 4.98 Å². The topological polar surface area (TPSA) is 69.7 Å². The standard InChI is InChI=1S/C22H24N2O4S/c1-15-6-4-5-7-18(15)28-11-10-23-21(25)13-17-14-29-22(24-17)16-8-9-19(26-2)20(12-16)27-3/h4-9,12,14H,10-11,13H2,1-3H3,(H,23,25). The number of amides is 1. The first kappa shape index (κ1) is 20.7. The van der Waals surface area contributed by atoms with Gasteiger partial charge < -0.3 is 19.5 Å². The van der Waals surface area contributed by atoms with Gasteiger partial charge in [-0.15, -0.1) is 11.3 Å². The molecule has 152 valence electrons. The Kier molecular flexibility index (Phi) is 7.08. The Morgan fingerprint density at radius 1 is 1.07 bits per heavy atom. The van der Waals surface area contributed by atoms with Crippen molar-refractivity contribution in [3.8, 4) is 27.8 Å². The van der Waals surface area contributed by atoms with Gasteiger partial charge in [0.05, 0.1) is 32.9 Å². The Hall–Kier alpha value is -3.06. The first-order valence-electron chi connectivity index (χ1n) is 9.22. The molecule has 3 rings (SSSR count). The maximum atomic E-state index is 12.2. The van der Waals surface area contributed by atoms with Gasteiger partial charge in [0.25, 0.3) is 0 Å². The molecule has 1 heterocycles. The molecule has 2 aromatic carbocycles. The summed E-state index contributed by atoms with van der Waals surface area (Å²) in [6.45, 7) is 2.86.